The van der Waals surface area contributed by atoms with Gasteiger partial charge in [0.25, 0.3) is 11.8 Å². The number of piperidine rings is 1. The number of hydrogen-bond donors (Lipinski definition) is 1. The molecule has 1 aliphatic heterocycles. The molecule has 1 saturated heterocycles. The second-order valence-electron chi connectivity index (χ2n) is 9.56. The van der Waals surface area contributed by atoms with E-state index >= 15 is 0 Å². The normalized spacial score (nSPS) is 18.1. The van der Waals surface area contributed by atoms with Crippen LogP contribution in [0, 0.1) is 5.92 Å². The third-order valence-corrected chi connectivity index (χ3v) is 5.68. The summed E-state index contributed by atoms with van der Waals surface area (Å²) in [7, 11) is 0. The van der Waals surface area contributed by atoms with Crippen LogP contribution >= 0.6 is 0 Å². The molecule has 2 atom stereocenters. The molecule has 166 valence electrons. The lowest BCUT2D eigenvalue weighted by molar-refractivity contribution is -0.155. The summed E-state index contributed by atoms with van der Waals surface area (Å²) in [6.07, 6.45) is 3.06. The van der Waals surface area contributed by atoms with Gasteiger partial charge in [-0.3, -0.25) is 9.59 Å². The summed E-state index contributed by atoms with van der Waals surface area (Å²) in [5, 5.41) is 2.76. The van der Waals surface area contributed by atoms with Gasteiger partial charge in [0, 0.05) is 18.2 Å². The number of ether oxygens (including phenoxy) is 1. The molecule has 0 bridgehead atoms. The zero-order valence-electron chi connectivity index (χ0n) is 19.2. The first-order chi connectivity index (χ1) is 14.0. The monoisotopic (exact) mass is 416 g/mol. The molecule has 0 aromatic heterocycles. The molecular formula is C24H36N2O4. The van der Waals surface area contributed by atoms with Crippen molar-refractivity contribution in [1.82, 2.24) is 10.2 Å². The van der Waals surface area contributed by atoms with Crippen molar-refractivity contribution in [3.8, 4) is 0 Å². The molecule has 1 fully saturated rings. The maximum absolute atomic E-state index is 12.7. The van der Waals surface area contributed by atoms with Gasteiger partial charge >= 0.3 is 5.97 Å². The fourth-order valence-electron chi connectivity index (χ4n) is 3.62. The SMILES string of the molecule is CC(C)[C@H](NC(=O)c1ccc(C(C)(C)C)cc1)C(=O)OCC(=O)N1CCCC[C@H]1C. The molecule has 1 aromatic rings. The number of likely N-dealkylation sites (tertiary alicyclic amines) is 1. The summed E-state index contributed by atoms with van der Waals surface area (Å²) in [4.78, 5) is 39.5. The number of hydrogen-bond acceptors (Lipinski definition) is 4. The van der Waals surface area contributed by atoms with Gasteiger partial charge in [0.05, 0.1) is 0 Å². The van der Waals surface area contributed by atoms with Gasteiger partial charge in [-0.05, 0) is 55.2 Å². The Balaban J connectivity index is 1.96. The molecule has 0 unspecified atom stereocenters. The lowest BCUT2D eigenvalue weighted by Crippen LogP contribution is -2.47. The van der Waals surface area contributed by atoms with Crippen LogP contribution in [0.2, 0.25) is 0 Å². The van der Waals surface area contributed by atoms with Crippen LogP contribution in [0.1, 0.15) is 76.7 Å². The Morgan fingerprint density at radius 1 is 1.13 bits per heavy atom. The summed E-state index contributed by atoms with van der Waals surface area (Å²) in [5.74, 6) is -1.26. The standard InChI is InChI=1S/C24H36N2O4/c1-16(2)21(23(29)30-15-20(27)26-14-8-7-9-17(26)3)25-22(28)18-10-12-19(13-11-18)24(4,5)6/h10-13,16-17,21H,7-9,14-15H2,1-6H3,(H,25,28)/t17-,21+/m1/s1. The predicted molar refractivity (Wildman–Crippen MR) is 117 cm³/mol. The Bertz CT molecular complexity index is 749. The molecule has 0 saturated carbocycles. The van der Waals surface area contributed by atoms with Crippen LogP contribution in [0.4, 0.5) is 0 Å². The summed E-state index contributed by atoms with van der Waals surface area (Å²) in [6, 6.07) is 6.74. The van der Waals surface area contributed by atoms with Crippen LogP contribution < -0.4 is 5.32 Å². The minimum atomic E-state index is -0.814. The molecule has 0 spiro atoms. The fraction of sp³-hybridized carbons (Fsp3) is 0.625. The maximum atomic E-state index is 12.7. The fourth-order valence-corrected chi connectivity index (χ4v) is 3.62. The molecule has 0 aliphatic carbocycles. The lowest BCUT2D eigenvalue weighted by Gasteiger charge is -2.33. The molecule has 1 heterocycles. The molecule has 1 aromatic carbocycles. The Morgan fingerprint density at radius 2 is 1.77 bits per heavy atom. The second kappa shape index (κ2) is 10.1. The summed E-state index contributed by atoms with van der Waals surface area (Å²) in [6.45, 7) is 12.4. The molecule has 1 aliphatic rings. The predicted octanol–water partition coefficient (Wildman–Crippen LogP) is 3.68. The third kappa shape index (κ3) is 6.31. The van der Waals surface area contributed by atoms with Crippen LogP contribution in [-0.4, -0.2) is 47.9 Å². The van der Waals surface area contributed by atoms with Crippen molar-refractivity contribution in [2.75, 3.05) is 13.2 Å². The number of amides is 2. The minimum Gasteiger partial charge on any atom is -0.454 e. The quantitative estimate of drug-likeness (QED) is 0.718. The average molecular weight is 417 g/mol. The van der Waals surface area contributed by atoms with Crippen LogP contribution in [0.3, 0.4) is 0 Å². The number of nitrogens with zero attached hydrogens (tertiary/aromatic N) is 1. The summed E-state index contributed by atoms with van der Waals surface area (Å²) >= 11 is 0. The second-order valence-corrected chi connectivity index (χ2v) is 9.56. The van der Waals surface area contributed by atoms with Crippen LogP contribution in [0.5, 0.6) is 0 Å². The van der Waals surface area contributed by atoms with Gasteiger partial charge < -0.3 is 15.0 Å². The number of benzene rings is 1. The number of carbonyl (C=O) groups excluding carboxylic acids is 3. The first-order valence-corrected chi connectivity index (χ1v) is 10.9. The van der Waals surface area contributed by atoms with Crippen molar-refractivity contribution in [2.24, 2.45) is 5.92 Å². The van der Waals surface area contributed by atoms with Gasteiger partial charge in [-0.15, -0.1) is 0 Å². The molecule has 0 radical (unpaired) electrons. The van der Waals surface area contributed by atoms with E-state index in [1.807, 2.05) is 32.9 Å². The lowest BCUT2D eigenvalue weighted by atomic mass is 9.86. The number of rotatable bonds is 6. The van der Waals surface area contributed by atoms with E-state index < -0.39 is 12.0 Å². The van der Waals surface area contributed by atoms with E-state index in [1.165, 1.54) is 0 Å². The molecule has 30 heavy (non-hydrogen) atoms. The van der Waals surface area contributed by atoms with Gasteiger partial charge in [0.2, 0.25) is 0 Å². The highest BCUT2D eigenvalue weighted by Gasteiger charge is 2.29. The van der Waals surface area contributed by atoms with E-state index in [4.69, 9.17) is 4.74 Å². The Hall–Kier alpha value is -2.37. The highest BCUT2D eigenvalue weighted by molar-refractivity contribution is 5.97. The topological polar surface area (TPSA) is 75.7 Å². The first kappa shape index (κ1) is 23.9. The van der Waals surface area contributed by atoms with Crippen molar-refractivity contribution in [3.05, 3.63) is 35.4 Å². The van der Waals surface area contributed by atoms with Crippen molar-refractivity contribution >= 4 is 17.8 Å². The maximum Gasteiger partial charge on any atom is 0.329 e. The zero-order valence-corrected chi connectivity index (χ0v) is 19.2. The largest absolute Gasteiger partial charge is 0.454 e. The summed E-state index contributed by atoms with van der Waals surface area (Å²) < 4.78 is 5.28. The van der Waals surface area contributed by atoms with E-state index in [1.54, 1.807) is 17.0 Å². The van der Waals surface area contributed by atoms with Gasteiger partial charge in [-0.2, -0.15) is 0 Å². The van der Waals surface area contributed by atoms with E-state index in [2.05, 4.69) is 26.1 Å². The number of carbonyl (C=O) groups is 3. The Labute approximate surface area is 180 Å². The molecule has 1 N–H and O–H groups in total. The summed E-state index contributed by atoms with van der Waals surface area (Å²) in [5.41, 5.74) is 1.61. The van der Waals surface area contributed by atoms with E-state index in [0.29, 0.717) is 12.1 Å². The van der Waals surface area contributed by atoms with Crippen molar-refractivity contribution in [1.29, 1.82) is 0 Å². The molecular weight excluding hydrogens is 380 g/mol. The highest BCUT2D eigenvalue weighted by Crippen LogP contribution is 2.22. The van der Waals surface area contributed by atoms with Crippen molar-refractivity contribution in [2.45, 2.75) is 78.3 Å². The number of esters is 1. The average Bonchev–Trinajstić information content (AvgIpc) is 2.69. The van der Waals surface area contributed by atoms with Crippen molar-refractivity contribution in [3.63, 3.8) is 0 Å². The van der Waals surface area contributed by atoms with E-state index in [9.17, 15) is 14.4 Å². The Morgan fingerprint density at radius 3 is 2.30 bits per heavy atom. The van der Waals surface area contributed by atoms with Crippen molar-refractivity contribution < 1.29 is 19.1 Å². The van der Waals surface area contributed by atoms with Gasteiger partial charge in [0.1, 0.15) is 6.04 Å². The first-order valence-electron chi connectivity index (χ1n) is 10.9. The molecule has 2 rings (SSSR count). The van der Waals surface area contributed by atoms with Gasteiger partial charge in [-0.25, -0.2) is 4.79 Å². The van der Waals surface area contributed by atoms with Gasteiger partial charge in [-0.1, -0.05) is 46.8 Å². The zero-order chi connectivity index (χ0) is 22.5. The van der Waals surface area contributed by atoms with E-state index in [-0.39, 0.29) is 35.8 Å². The minimum absolute atomic E-state index is 0.00231. The Kier molecular flexibility index (Phi) is 8.04. The van der Waals surface area contributed by atoms with Crippen LogP contribution in [-0.2, 0) is 19.7 Å². The van der Waals surface area contributed by atoms with Crippen LogP contribution in [0.15, 0.2) is 24.3 Å². The smallest absolute Gasteiger partial charge is 0.329 e. The van der Waals surface area contributed by atoms with E-state index in [0.717, 1.165) is 24.8 Å². The molecule has 6 heteroatoms. The highest BCUT2D eigenvalue weighted by atomic mass is 16.5. The molecule has 6 nitrogen and oxygen atoms in total. The number of nitrogens with one attached hydrogen (secondary N) is 1. The molecule has 2 amide bonds. The third-order valence-electron chi connectivity index (χ3n) is 5.68. The van der Waals surface area contributed by atoms with Crippen LogP contribution in [0.25, 0.3) is 0 Å². The van der Waals surface area contributed by atoms with Gasteiger partial charge in [0.15, 0.2) is 6.61 Å².